The van der Waals surface area contributed by atoms with Gasteiger partial charge in [-0.05, 0) is 54.2 Å². The van der Waals surface area contributed by atoms with E-state index in [0.717, 1.165) is 12.1 Å². The van der Waals surface area contributed by atoms with E-state index in [1.807, 2.05) is 0 Å². The minimum atomic E-state index is -4.77. The van der Waals surface area contributed by atoms with Crippen molar-refractivity contribution in [3.8, 4) is 5.75 Å². The molecule has 0 radical (unpaired) electrons. The Morgan fingerprint density at radius 1 is 1.00 bits per heavy atom. The van der Waals surface area contributed by atoms with Crippen molar-refractivity contribution in [2.75, 3.05) is 0 Å². The number of alkyl halides is 3. The molecule has 0 unspecified atom stereocenters. The lowest BCUT2D eigenvalue weighted by molar-refractivity contribution is -0.384. The molecule has 1 amide bonds. The number of nitro benzene ring substituents is 1. The number of halogens is 3. The second-order valence-corrected chi connectivity index (χ2v) is 7.79. The molecule has 11 nitrogen and oxygen atoms in total. The number of aliphatic imine (C=N–C) groups is 2. The van der Waals surface area contributed by atoms with Crippen molar-refractivity contribution in [2.24, 2.45) is 20.8 Å². The van der Waals surface area contributed by atoms with Crippen LogP contribution in [0.5, 0.6) is 5.75 Å². The van der Waals surface area contributed by atoms with Gasteiger partial charge in [-0.15, -0.1) is 13.2 Å². The van der Waals surface area contributed by atoms with Gasteiger partial charge in [-0.25, -0.2) is 9.98 Å². The molecule has 3 aromatic rings. The van der Waals surface area contributed by atoms with Gasteiger partial charge in [0.15, 0.2) is 5.11 Å². The van der Waals surface area contributed by atoms with Gasteiger partial charge in [-0.3, -0.25) is 25.7 Å². The molecule has 0 bridgehead atoms. The van der Waals surface area contributed by atoms with Crippen molar-refractivity contribution in [1.29, 1.82) is 0 Å². The summed E-state index contributed by atoms with van der Waals surface area (Å²) in [5.74, 6) is -0.780. The highest BCUT2D eigenvalue weighted by Crippen LogP contribution is 2.24. The van der Waals surface area contributed by atoms with E-state index in [9.17, 15) is 28.1 Å². The number of amidine groups is 1. The van der Waals surface area contributed by atoms with Crippen LogP contribution in [-0.4, -0.2) is 40.7 Å². The standard InChI is InChI=1S/C24H18F3N7O4S/c25-24(26,27)38-20-11-7-18(8-12-20)29-14-30-21(28)16-3-1-15(2-4-16)13-31-33-23(39)32-22(35)17-5-9-19(10-6-17)34(36)37/h1-14H,(H2,28,29,30)(H2,32,33,35,39)/b31-13-. The van der Waals surface area contributed by atoms with E-state index >= 15 is 0 Å². The van der Waals surface area contributed by atoms with Gasteiger partial charge >= 0.3 is 6.36 Å². The molecule has 200 valence electrons. The highest BCUT2D eigenvalue weighted by Gasteiger charge is 2.30. The molecule has 4 N–H and O–H groups in total. The molecule has 0 aromatic heterocycles. The summed E-state index contributed by atoms with van der Waals surface area (Å²) >= 11 is 5.01. The van der Waals surface area contributed by atoms with E-state index in [1.165, 1.54) is 49.0 Å². The number of nitro groups is 1. The van der Waals surface area contributed by atoms with E-state index in [2.05, 4.69) is 30.6 Å². The highest BCUT2D eigenvalue weighted by atomic mass is 32.1. The molecule has 0 aliphatic carbocycles. The maximum atomic E-state index is 12.2. The van der Waals surface area contributed by atoms with Crippen molar-refractivity contribution in [3.05, 3.63) is 99.6 Å². The predicted octanol–water partition coefficient (Wildman–Crippen LogP) is 4.20. The summed E-state index contributed by atoms with van der Waals surface area (Å²) in [5, 5.41) is 16.9. The summed E-state index contributed by atoms with van der Waals surface area (Å²) in [4.78, 5) is 30.3. The van der Waals surface area contributed by atoms with E-state index in [4.69, 9.17) is 18.0 Å². The lowest BCUT2D eigenvalue weighted by atomic mass is 10.1. The third-order valence-corrected chi connectivity index (χ3v) is 4.82. The fourth-order valence-corrected chi connectivity index (χ4v) is 2.95. The number of hydrazone groups is 1. The number of nitrogens with two attached hydrogens (primary N) is 1. The van der Waals surface area contributed by atoms with Crippen molar-refractivity contribution in [3.63, 3.8) is 0 Å². The van der Waals surface area contributed by atoms with Crippen LogP contribution >= 0.6 is 12.2 Å². The maximum Gasteiger partial charge on any atom is 0.573 e. The SMILES string of the molecule is NC(=NC=Nc1ccc(OC(F)(F)F)cc1)c1ccc(/C=N\NC(=S)NC(=O)c2ccc([N+](=O)[O-])cc2)cc1. The average Bonchev–Trinajstić information content (AvgIpc) is 2.89. The molecule has 0 saturated heterocycles. The number of carbonyl (C=O) groups is 1. The van der Waals surface area contributed by atoms with Crippen LogP contribution in [0.15, 0.2) is 87.9 Å². The number of ether oxygens (including phenoxy) is 1. The normalized spacial score (nSPS) is 11.9. The predicted molar refractivity (Wildman–Crippen MR) is 142 cm³/mol. The Balaban J connectivity index is 1.49. The maximum absolute atomic E-state index is 12.2. The van der Waals surface area contributed by atoms with Gasteiger partial charge in [-0.1, -0.05) is 24.3 Å². The Bertz CT molecular complexity index is 1420. The first-order valence-electron chi connectivity index (χ1n) is 10.7. The lowest BCUT2D eigenvalue weighted by Gasteiger charge is -2.08. The van der Waals surface area contributed by atoms with Gasteiger partial charge < -0.3 is 10.5 Å². The summed E-state index contributed by atoms with van der Waals surface area (Å²) in [6.07, 6.45) is -2.17. The number of non-ortho nitro benzene ring substituents is 1. The first-order chi connectivity index (χ1) is 18.5. The molecule has 0 spiro atoms. The van der Waals surface area contributed by atoms with Gasteiger partial charge in [0.2, 0.25) is 0 Å². The third kappa shape index (κ3) is 9.32. The zero-order valence-corrected chi connectivity index (χ0v) is 20.4. The third-order valence-electron chi connectivity index (χ3n) is 4.63. The van der Waals surface area contributed by atoms with Crippen LogP contribution in [0, 0.1) is 10.1 Å². The van der Waals surface area contributed by atoms with Crippen molar-refractivity contribution >= 4 is 53.0 Å². The fraction of sp³-hybridized carbons (Fsp3) is 0.0417. The summed E-state index contributed by atoms with van der Waals surface area (Å²) in [6.45, 7) is 0. The second-order valence-electron chi connectivity index (χ2n) is 7.38. The van der Waals surface area contributed by atoms with Crippen LogP contribution < -0.4 is 21.2 Å². The Hall–Kier alpha value is -5.18. The van der Waals surface area contributed by atoms with Crippen molar-refractivity contribution < 1.29 is 27.6 Å². The number of rotatable bonds is 8. The minimum absolute atomic E-state index is 0.0793. The van der Waals surface area contributed by atoms with E-state index in [0.29, 0.717) is 16.8 Å². The molecule has 15 heteroatoms. The number of nitrogens with one attached hydrogen (secondary N) is 2. The molecular formula is C24H18F3N7O4S. The molecule has 3 rings (SSSR count). The molecule has 0 saturated carbocycles. The lowest BCUT2D eigenvalue weighted by Crippen LogP contribution is -2.36. The fourth-order valence-electron chi connectivity index (χ4n) is 2.81. The first kappa shape index (κ1) is 28.4. The van der Waals surface area contributed by atoms with Gasteiger partial charge in [-0.2, -0.15) is 5.10 Å². The van der Waals surface area contributed by atoms with Gasteiger partial charge in [0, 0.05) is 23.3 Å². The smallest absolute Gasteiger partial charge is 0.406 e. The number of thiocarbonyl (C=S) groups is 1. The largest absolute Gasteiger partial charge is 0.573 e. The molecule has 0 aliphatic heterocycles. The van der Waals surface area contributed by atoms with Crippen molar-refractivity contribution in [2.45, 2.75) is 6.36 Å². The van der Waals surface area contributed by atoms with Crippen LogP contribution in [0.2, 0.25) is 0 Å². The molecule has 0 fully saturated rings. The summed E-state index contributed by atoms with van der Waals surface area (Å²) in [7, 11) is 0. The number of nitrogens with zero attached hydrogens (tertiary/aromatic N) is 4. The Morgan fingerprint density at radius 2 is 1.62 bits per heavy atom. The number of hydrogen-bond acceptors (Lipinski definition) is 7. The highest BCUT2D eigenvalue weighted by molar-refractivity contribution is 7.80. The molecular weight excluding hydrogens is 539 g/mol. The molecule has 0 atom stereocenters. The summed E-state index contributed by atoms with van der Waals surface area (Å²) in [6, 6.07) is 16.7. The van der Waals surface area contributed by atoms with Crippen LogP contribution in [0.4, 0.5) is 24.5 Å². The second kappa shape index (κ2) is 12.9. The van der Waals surface area contributed by atoms with E-state index < -0.39 is 17.2 Å². The Morgan fingerprint density at radius 3 is 2.21 bits per heavy atom. The molecule has 3 aromatic carbocycles. The van der Waals surface area contributed by atoms with Gasteiger partial charge in [0.25, 0.3) is 11.6 Å². The zero-order valence-electron chi connectivity index (χ0n) is 19.6. The number of hydrogen-bond donors (Lipinski definition) is 3. The number of benzene rings is 3. The van der Waals surface area contributed by atoms with Crippen LogP contribution in [0.3, 0.4) is 0 Å². The van der Waals surface area contributed by atoms with Crippen LogP contribution in [0.25, 0.3) is 0 Å². The summed E-state index contributed by atoms with van der Waals surface area (Å²) < 4.78 is 40.4. The molecule has 0 heterocycles. The quantitative estimate of drug-likeness (QED) is 0.123. The monoisotopic (exact) mass is 557 g/mol. The Kier molecular flexibility index (Phi) is 9.37. The summed E-state index contributed by atoms with van der Waals surface area (Å²) in [5.41, 5.74) is 10.1. The van der Waals surface area contributed by atoms with E-state index in [1.54, 1.807) is 24.3 Å². The van der Waals surface area contributed by atoms with E-state index in [-0.39, 0.29) is 27.9 Å². The first-order valence-corrected chi connectivity index (χ1v) is 11.1. The van der Waals surface area contributed by atoms with Crippen molar-refractivity contribution in [1.82, 2.24) is 10.7 Å². The minimum Gasteiger partial charge on any atom is -0.406 e. The number of carbonyl (C=O) groups excluding carboxylic acids is 1. The van der Waals surface area contributed by atoms with Crippen LogP contribution in [-0.2, 0) is 0 Å². The Labute approximate surface area is 224 Å². The average molecular weight is 558 g/mol. The number of amides is 1. The van der Waals surface area contributed by atoms with Crippen LogP contribution in [0.1, 0.15) is 21.5 Å². The van der Waals surface area contributed by atoms with Gasteiger partial charge in [0.1, 0.15) is 17.9 Å². The zero-order chi connectivity index (χ0) is 28.4. The molecule has 0 aliphatic rings. The molecule has 39 heavy (non-hydrogen) atoms. The van der Waals surface area contributed by atoms with Gasteiger partial charge in [0.05, 0.1) is 16.8 Å². The topological polar surface area (TPSA) is 157 Å².